The maximum atomic E-state index is 15.3. The van der Waals surface area contributed by atoms with Gasteiger partial charge in [0.25, 0.3) is 0 Å². The lowest BCUT2D eigenvalue weighted by Gasteiger charge is -2.37. The van der Waals surface area contributed by atoms with Gasteiger partial charge < -0.3 is 30.1 Å². The Morgan fingerprint density at radius 2 is 2.07 bits per heavy atom. The van der Waals surface area contributed by atoms with Crippen LogP contribution in [0, 0.1) is 30.0 Å². The highest BCUT2D eigenvalue weighted by Gasteiger charge is 2.38. The second kappa shape index (κ2) is 12.5. The number of hydrogen-bond donors (Lipinski definition) is 2. The number of anilines is 3. The van der Waals surface area contributed by atoms with Crippen molar-refractivity contribution in [3.8, 4) is 6.07 Å². The Morgan fingerprint density at radius 3 is 2.74 bits per heavy atom. The molecule has 10 nitrogen and oxygen atoms in total. The van der Waals surface area contributed by atoms with Crippen LogP contribution in [0.15, 0.2) is 24.3 Å². The van der Waals surface area contributed by atoms with E-state index in [-0.39, 0.29) is 66.9 Å². The summed E-state index contributed by atoms with van der Waals surface area (Å²) in [5.74, 6) is -1.92. The van der Waals surface area contributed by atoms with Gasteiger partial charge in [-0.15, -0.1) is 0 Å². The molecular formula is C28H33F4N7O3. The molecule has 3 heterocycles. The number of methoxy groups -OCH3 is 1. The first-order valence-electron chi connectivity index (χ1n) is 13.4. The summed E-state index contributed by atoms with van der Waals surface area (Å²) in [7, 11) is 4.66. The van der Waals surface area contributed by atoms with Gasteiger partial charge in [0.05, 0.1) is 29.0 Å². The summed E-state index contributed by atoms with van der Waals surface area (Å²) in [6.07, 6.45) is -5.00. The van der Waals surface area contributed by atoms with Crippen LogP contribution in [0.25, 0.3) is 0 Å². The average Bonchev–Trinajstić information content (AvgIpc) is 3.43. The second-order valence-electron chi connectivity index (χ2n) is 10.4. The predicted octanol–water partition coefficient (Wildman–Crippen LogP) is 2.77. The molecule has 1 aromatic carbocycles. The smallest absolute Gasteiger partial charge is 0.379 e. The van der Waals surface area contributed by atoms with Gasteiger partial charge in [0, 0.05) is 59.6 Å². The molecule has 2 aliphatic heterocycles. The van der Waals surface area contributed by atoms with Crippen LogP contribution in [0.4, 0.5) is 34.8 Å². The highest BCUT2D eigenvalue weighted by molar-refractivity contribution is 6.01. The van der Waals surface area contributed by atoms with E-state index in [1.165, 1.54) is 31.0 Å². The van der Waals surface area contributed by atoms with Gasteiger partial charge in [-0.05, 0) is 31.5 Å². The highest BCUT2D eigenvalue weighted by atomic mass is 19.4. The summed E-state index contributed by atoms with van der Waals surface area (Å²) >= 11 is 0. The fourth-order valence-electron chi connectivity index (χ4n) is 5.41. The summed E-state index contributed by atoms with van der Waals surface area (Å²) < 4.78 is 61.7. The molecule has 226 valence electrons. The molecule has 2 aromatic rings. The summed E-state index contributed by atoms with van der Waals surface area (Å²) in [6.45, 7) is 2.99. The van der Waals surface area contributed by atoms with Crippen LogP contribution in [-0.4, -0.2) is 87.8 Å². The number of nitriles is 1. The summed E-state index contributed by atoms with van der Waals surface area (Å²) in [5, 5.41) is 15.5. The number of halogens is 4. The number of rotatable bonds is 7. The predicted molar refractivity (Wildman–Crippen MR) is 148 cm³/mol. The van der Waals surface area contributed by atoms with Crippen molar-refractivity contribution in [1.29, 1.82) is 5.26 Å². The molecule has 0 unspecified atom stereocenters. The normalized spacial score (nSPS) is 20.9. The van der Waals surface area contributed by atoms with Crippen LogP contribution < -0.4 is 20.4 Å². The maximum Gasteiger partial charge on any atom is 0.417 e. The number of pyridine rings is 1. The minimum absolute atomic E-state index is 0.0189. The van der Waals surface area contributed by atoms with Crippen LogP contribution >= 0.6 is 0 Å². The fourth-order valence-corrected chi connectivity index (χ4v) is 5.41. The molecule has 42 heavy (non-hydrogen) atoms. The van der Waals surface area contributed by atoms with Crippen LogP contribution in [0.1, 0.15) is 23.2 Å². The number of nitrogens with zero attached hydrogens (tertiary/aromatic N) is 5. The van der Waals surface area contributed by atoms with Crippen molar-refractivity contribution >= 4 is 29.0 Å². The zero-order chi connectivity index (χ0) is 30.8. The van der Waals surface area contributed by atoms with Crippen LogP contribution in [0.5, 0.6) is 0 Å². The Hall–Kier alpha value is -3.96. The Bertz CT molecular complexity index is 1380. The van der Waals surface area contributed by atoms with Gasteiger partial charge in [0.2, 0.25) is 11.8 Å². The summed E-state index contributed by atoms with van der Waals surface area (Å²) in [5.41, 5.74) is -1.42. The van der Waals surface area contributed by atoms with Gasteiger partial charge in [0.1, 0.15) is 29.3 Å². The zero-order valence-electron chi connectivity index (χ0n) is 23.8. The van der Waals surface area contributed by atoms with Crippen molar-refractivity contribution in [2.24, 2.45) is 5.92 Å². The van der Waals surface area contributed by atoms with Gasteiger partial charge in [-0.25, -0.2) is 9.37 Å². The molecule has 0 radical (unpaired) electrons. The van der Waals surface area contributed by atoms with E-state index in [4.69, 9.17) is 4.74 Å². The number of aromatic nitrogens is 1. The van der Waals surface area contributed by atoms with E-state index < -0.39 is 35.1 Å². The van der Waals surface area contributed by atoms with E-state index in [9.17, 15) is 28.0 Å². The molecule has 1 fully saturated rings. The molecule has 0 bridgehead atoms. The van der Waals surface area contributed by atoms with Gasteiger partial charge in [-0.1, -0.05) is 6.07 Å². The second-order valence-corrected chi connectivity index (χ2v) is 10.4. The first-order valence-corrected chi connectivity index (χ1v) is 13.4. The number of hydrogen-bond acceptors (Lipinski definition) is 8. The molecule has 1 saturated heterocycles. The largest absolute Gasteiger partial charge is 0.417 e. The first-order chi connectivity index (χ1) is 19.9. The minimum atomic E-state index is -4.80. The molecule has 4 rings (SSSR count). The van der Waals surface area contributed by atoms with E-state index in [0.717, 1.165) is 6.07 Å². The molecule has 0 saturated carbocycles. The third-order valence-corrected chi connectivity index (χ3v) is 7.70. The number of fused-ring (bicyclic) bond motifs is 1. The number of carbonyl (C=O) groups is 2. The van der Waals surface area contributed by atoms with E-state index in [1.54, 1.807) is 36.1 Å². The van der Waals surface area contributed by atoms with E-state index in [1.807, 2.05) is 0 Å². The average molecular weight is 592 g/mol. The van der Waals surface area contributed by atoms with Crippen molar-refractivity contribution in [2.75, 3.05) is 69.0 Å². The van der Waals surface area contributed by atoms with Crippen LogP contribution in [0.3, 0.4) is 0 Å². The third kappa shape index (κ3) is 6.27. The van der Waals surface area contributed by atoms with E-state index in [2.05, 4.69) is 15.6 Å². The molecule has 14 heteroatoms. The molecule has 2 amide bonds. The number of carbonyl (C=O) groups excluding carboxylic acids is 2. The molecule has 0 spiro atoms. The number of nitrogens with one attached hydrogen (secondary N) is 2. The monoisotopic (exact) mass is 591 g/mol. The lowest BCUT2D eigenvalue weighted by molar-refractivity contribution is -0.138. The maximum absolute atomic E-state index is 15.3. The van der Waals surface area contributed by atoms with Crippen molar-refractivity contribution in [1.82, 2.24) is 15.2 Å². The van der Waals surface area contributed by atoms with E-state index in [0.29, 0.717) is 13.1 Å². The zero-order valence-corrected chi connectivity index (χ0v) is 23.8. The Morgan fingerprint density at radius 1 is 1.33 bits per heavy atom. The van der Waals surface area contributed by atoms with Gasteiger partial charge in [-0.3, -0.25) is 9.59 Å². The van der Waals surface area contributed by atoms with Gasteiger partial charge in [0.15, 0.2) is 0 Å². The number of likely N-dealkylation sites (N-methyl/N-ethyl adjacent to an activating group) is 2. The minimum Gasteiger partial charge on any atom is -0.379 e. The number of benzene rings is 1. The highest BCUT2D eigenvalue weighted by Crippen LogP contribution is 2.37. The van der Waals surface area contributed by atoms with Crippen molar-refractivity contribution < 1.29 is 31.9 Å². The van der Waals surface area contributed by atoms with Crippen LogP contribution in [-0.2, 0) is 20.5 Å². The van der Waals surface area contributed by atoms with Gasteiger partial charge >= 0.3 is 6.18 Å². The Kier molecular flexibility index (Phi) is 9.22. The third-order valence-electron chi connectivity index (χ3n) is 7.70. The SMILES string of the molecule is CO[C@H]1CNC[C@@H]1C(=O)N(C)CCN1CC[C@H](Nc2nc(C)cc(C(F)(F)F)c2C#N)C(=O)N(C)c2cccc(F)c21. The first kappa shape index (κ1) is 31.0. The number of amides is 2. The van der Waals surface area contributed by atoms with Gasteiger partial charge in [-0.2, -0.15) is 18.4 Å². The molecule has 1 aromatic heterocycles. The number of para-hydroxylation sites is 1. The van der Waals surface area contributed by atoms with E-state index >= 15 is 4.39 Å². The molecule has 0 aliphatic carbocycles. The molecule has 2 N–H and O–H groups in total. The standard InChI is InChI=1S/C28H33F4N7O3/c1-16-12-19(28(30,31)32)17(13-33)25(35-16)36-21-8-9-39(24-20(29)6-5-7-22(24)38(3)27(21)41)11-10-37(2)26(40)18-14-34-15-23(18)42-4/h5-7,12,18,21,23,34H,8-11,14-15H2,1-4H3,(H,35,36)/t18-,21-,23-/m0/s1. The quantitative estimate of drug-likeness (QED) is 0.473. The van der Waals surface area contributed by atoms with Crippen molar-refractivity contribution in [3.05, 3.63) is 46.9 Å². The molecular weight excluding hydrogens is 558 g/mol. The van der Waals surface area contributed by atoms with Crippen LogP contribution in [0.2, 0.25) is 0 Å². The number of aryl methyl sites for hydroxylation is 1. The number of alkyl halides is 3. The lowest BCUT2D eigenvalue weighted by Crippen LogP contribution is -2.48. The molecule has 2 aliphatic rings. The van der Waals surface area contributed by atoms with Crippen molar-refractivity contribution in [2.45, 2.75) is 31.7 Å². The Balaban J connectivity index is 1.61. The fraction of sp³-hybridized carbons (Fsp3) is 0.500. The lowest BCUT2D eigenvalue weighted by atomic mass is 10.0. The Labute approximate surface area is 241 Å². The summed E-state index contributed by atoms with van der Waals surface area (Å²) in [6, 6.07) is 5.57. The number of ether oxygens (including phenoxy) is 1. The molecule has 3 atom stereocenters. The summed E-state index contributed by atoms with van der Waals surface area (Å²) in [4.78, 5) is 35.2. The topological polar surface area (TPSA) is 114 Å². The van der Waals surface area contributed by atoms with Crippen molar-refractivity contribution in [3.63, 3.8) is 0 Å².